The minimum absolute atomic E-state index is 0.147. The molecule has 0 amide bonds. The Balaban J connectivity index is 1.27. The molecule has 3 aromatic rings. The number of rotatable bonds is 10. The lowest BCUT2D eigenvalue weighted by atomic mass is 9.98. The highest BCUT2D eigenvalue weighted by Gasteiger charge is 2.13. The van der Waals surface area contributed by atoms with E-state index in [0.717, 1.165) is 47.1 Å². The summed E-state index contributed by atoms with van der Waals surface area (Å²) in [4.78, 5) is 17.7. The molecule has 0 saturated carbocycles. The van der Waals surface area contributed by atoms with Crippen molar-refractivity contribution in [3.8, 4) is 17.0 Å². The lowest BCUT2D eigenvalue weighted by Gasteiger charge is -2.21. The SMILES string of the molecule is CN(CC1=CC=C(COc2ccc(CCC(=O)O)cc2)CC1)c1nc(-c2ccccc2)cs1. The van der Waals surface area contributed by atoms with E-state index in [1.165, 1.54) is 11.1 Å². The summed E-state index contributed by atoms with van der Waals surface area (Å²) in [5, 5.41) is 11.9. The number of carbonyl (C=O) groups is 1. The first-order valence-electron chi connectivity index (χ1n) is 11.1. The fourth-order valence-electron chi connectivity index (χ4n) is 3.71. The highest BCUT2D eigenvalue weighted by Crippen LogP contribution is 2.28. The van der Waals surface area contributed by atoms with Crippen LogP contribution < -0.4 is 9.64 Å². The van der Waals surface area contributed by atoms with Crippen molar-refractivity contribution in [2.45, 2.75) is 25.7 Å². The van der Waals surface area contributed by atoms with Gasteiger partial charge < -0.3 is 14.7 Å². The predicted molar refractivity (Wildman–Crippen MR) is 134 cm³/mol. The second-order valence-corrected chi connectivity index (χ2v) is 9.05. The summed E-state index contributed by atoms with van der Waals surface area (Å²) in [5.41, 5.74) is 5.84. The lowest BCUT2D eigenvalue weighted by Crippen LogP contribution is -2.21. The molecule has 1 aliphatic rings. The van der Waals surface area contributed by atoms with Crippen LogP contribution in [0.4, 0.5) is 5.13 Å². The van der Waals surface area contributed by atoms with E-state index in [1.54, 1.807) is 11.3 Å². The number of hydrogen-bond acceptors (Lipinski definition) is 5. The highest BCUT2D eigenvalue weighted by molar-refractivity contribution is 7.14. The van der Waals surface area contributed by atoms with Gasteiger partial charge in [-0.15, -0.1) is 11.3 Å². The molecule has 0 aliphatic heterocycles. The van der Waals surface area contributed by atoms with Crippen molar-refractivity contribution in [1.29, 1.82) is 0 Å². The highest BCUT2D eigenvalue weighted by atomic mass is 32.1. The Morgan fingerprint density at radius 3 is 2.48 bits per heavy atom. The van der Waals surface area contributed by atoms with Crippen molar-refractivity contribution in [1.82, 2.24) is 4.98 Å². The van der Waals surface area contributed by atoms with Crippen LogP contribution in [0.25, 0.3) is 11.3 Å². The molecule has 6 heteroatoms. The Labute approximate surface area is 198 Å². The van der Waals surface area contributed by atoms with Crippen LogP contribution in [0.3, 0.4) is 0 Å². The number of anilines is 1. The second-order valence-electron chi connectivity index (χ2n) is 8.21. The van der Waals surface area contributed by atoms with E-state index in [-0.39, 0.29) is 6.42 Å². The van der Waals surface area contributed by atoms with E-state index in [4.69, 9.17) is 14.8 Å². The minimum Gasteiger partial charge on any atom is -0.489 e. The molecule has 5 nitrogen and oxygen atoms in total. The predicted octanol–water partition coefficient (Wildman–Crippen LogP) is 5.99. The van der Waals surface area contributed by atoms with Crippen molar-refractivity contribution in [2.24, 2.45) is 0 Å². The second kappa shape index (κ2) is 11.0. The maximum Gasteiger partial charge on any atom is 0.303 e. The largest absolute Gasteiger partial charge is 0.489 e. The number of likely N-dealkylation sites (N-methyl/N-ethyl adjacent to an activating group) is 1. The molecular formula is C27H28N2O3S. The average molecular weight is 461 g/mol. The summed E-state index contributed by atoms with van der Waals surface area (Å²) in [6, 6.07) is 18.0. The van der Waals surface area contributed by atoms with Gasteiger partial charge in [0.15, 0.2) is 5.13 Å². The molecule has 0 radical (unpaired) electrons. The van der Waals surface area contributed by atoms with Gasteiger partial charge in [0.1, 0.15) is 12.4 Å². The van der Waals surface area contributed by atoms with E-state index in [0.29, 0.717) is 13.0 Å². The molecule has 170 valence electrons. The molecule has 0 fully saturated rings. The van der Waals surface area contributed by atoms with Crippen LogP contribution in [0.2, 0.25) is 0 Å². The Hall–Kier alpha value is -3.38. The summed E-state index contributed by atoms with van der Waals surface area (Å²) in [7, 11) is 2.09. The molecule has 0 atom stereocenters. The number of hydrogen-bond donors (Lipinski definition) is 1. The molecule has 2 aromatic carbocycles. The summed E-state index contributed by atoms with van der Waals surface area (Å²) in [6.07, 6.45) is 7.07. The van der Waals surface area contributed by atoms with E-state index in [1.807, 2.05) is 42.5 Å². The number of carboxylic acids is 1. The fourth-order valence-corrected chi connectivity index (χ4v) is 4.51. The quantitative estimate of drug-likeness (QED) is 0.403. The van der Waals surface area contributed by atoms with Crippen molar-refractivity contribution in [2.75, 3.05) is 25.1 Å². The lowest BCUT2D eigenvalue weighted by molar-refractivity contribution is -0.136. The molecule has 0 bridgehead atoms. The molecule has 0 spiro atoms. The molecular weight excluding hydrogens is 432 g/mol. The number of carboxylic acid groups (broad SMARTS) is 1. The normalized spacial score (nSPS) is 13.2. The molecule has 33 heavy (non-hydrogen) atoms. The Kier molecular flexibility index (Phi) is 7.58. The molecule has 0 unspecified atom stereocenters. The fraction of sp³-hybridized carbons (Fsp3) is 0.259. The van der Waals surface area contributed by atoms with Crippen LogP contribution in [-0.2, 0) is 11.2 Å². The Morgan fingerprint density at radius 2 is 1.79 bits per heavy atom. The van der Waals surface area contributed by atoms with Gasteiger partial charge in [0, 0.05) is 31.0 Å². The Bertz CT molecular complexity index is 1130. The molecule has 1 aromatic heterocycles. The van der Waals surface area contributed by atoms with Gasteiger partial charge in [0.05, 0.1) is 5.69 Å². The first-order chi connectivity index (χ1) is 16.1. The maximum atomic E-state index is 10.7. The van der Waals surface area contributed by atoms with Crippen LogP contribution in [0.5, 0.6) is 5.75 Å². The van der Waals surface area contributed by atoms with Crippen LogP contribution >= 0.6 is 11.3 Å². The van der Waals surface area contributed by atoms with E-state index in [9.17, 15) is 4.79 Å². The van der Waals surface area contributed by atoms with Gasteiger partial charge in [-0.1, -0.05) is 60.2 Å². The summed E-state index contributed by atoms with van der Waals surface area (Å²) >= 11 is 1.68. The van der Waals surface area contributed by atoms with Crippen LogP contribution in [0.1, 0.15) is 24.8 Å². The third-order valence-electron chi connectivity index (χ3n) is 5.63. The van der Waals surface area contributed by atoms with Gasteiger partial charge in [-0.25, -0.2) is 4.98 Å². The smallest absolute Gasteiger partial charge is 0.303 e. The number of benzene rings is 2. The van der Waals surface area contributed by atoms with Gasteiger partial charge in [0.2, 0.25) is 0 Å². The zero-order chi connectivity index (χ0) is 23.0. The Morgan fingerprint density at radius 1 is 1.06 bits per heavy atom. The molecule has 1 aliphatic carbocycles. The van der Waals surface area contributed by atoms with Gasteiger partial charge in [0.25, 0.3) is 0 Å². The van der Waals surface area contributed by atoms with Crippen LogP contribution in [0, 0.1) is 0 Å². The number of aryl methyl sites for hydroxylation is 1. The van der Waals surface area contributed by atoms with Crippen LogP contribution in [0.15, 0.2) is 83.3 Å². The summed E-state index contributed by atoms with van der Waals surface area (Å²) < 4.78 is 5.92. The average Bonchev–Trinajstić information content (AvgIpc) is 3.34. The number of aromatic nitrogens is 1. The van der Waals surface area contributed by atoms with Crippen molar-refractivity contribution in [3.63, 3.8) is 0 Å². The number of allylic oxidation sites excluding steroid dienone is 2. The third kappa shape index (κ3) is 6.56. The minimum atomic E-state index is -0.776. The van der Waals surface area contributed by atoms with Crippen molar-refractivity contribution >= 4 is 22.4 Å². The standard InChI is InChI=1S/C27H28N2O3S/c1-29(27-28-25(19-33-27)23-5-3-2-4-6-23)17-21-7-9-22(10-8-21)18-32-24-14-11-20(12-15-24)13-16-26(30)31/h2-7,9,11-12,14-15,19H,8,10,13,16-18H2,1H3,(H,30,31). The first-order valence-corrected chi connectivity index (χ1v) is 12.0. The van der Waals surface area contributed by atoms with Gasteiger partial charge in [-0.2, -0.15) is 0 Å². The van der Waals surface area contributed by atoms with Crippen molar-refractivity contribution in [3.05, 3.63) is 88.8 Å². The molecule has 4 rings (SSSR count). The summed E-state index contributed by atoms with van der Waals surface area (Å²) in [5.74, 6) is 0.0317. The number of ether oxygens (including phenoxy) is 1. The molecule has 0 saturated heterocycles. The maximum absolute atomic E-state index is 10.7. The number of aliphatic carboxylic acids is 1. The van der Waals surface area contributed by atoms with E-state index >= 15 is 0 Å². The third-order valence-corrected chi connectivity index (χ3v) is 6.58. The van der Waals surface area contributed by atoms with Gasteiger partial charge in [-0.3, -0.25) is 4.79 Å². The molecule has 1 heterocycles. The van der Waals surface area contributed by atoms with Gasteiger partial charge >= 0.3 is 5.97 Å². The number of thiazole rings is 1. The van der Waals surface area contributed by atoms with Gasteiger partial charge in [-0.05, 0) is 42.5 Å². The molecule has 1 N–H and O–H groups in total. The summed E-state index contributed by atoms with van der Waals surface area (Å²) in [6.45, 7) is 1.44. The zero-order valence-electron chi connectivity index (χ0n) is 18.7. The topological polar surface area (TPSA) is 62.7 Å². The zero-order valence-corrected chi connectivity index (χ0v) is 19.6. The van der Waals surface area contributed by atoms with E-state index < -0.39 is 5.97 Å². The van der Waals surface area contributed by atoms with Crippen molar-refractivity contribution < 1.29 is 14.6 Å². The van der Waals surface area contributed by atoms with E-state index in [2.05, 4.69) is 41.6 Å². The van der Waals surface area contributed by atoms with Crippen LogP contribution in [-0.4, -0.2) is 36.3 Å². The monoisotopic (exact) mass is 460 g/mol. The first kappa shape index (κ1) is 22.8. The number of nitrogens with zero attached hydrogens (tertiary/aromatic N) is 2.